The second-order valence-corrected chi connectivity index (χ2v) is 7.96. The average Bonchev–Trinajstić information content (AvgIpc) is 2.73. The SMILES string of the molecule is COc1ccc(CCN2CCC[C@H](CN(C)Cc3cccc(OC)c3)C2)cc1. The summed E-state index contributed by atoms with van der Waals surface area (Å²) in [5, 5.41) is 0. The van der Waals surface area contributed by atoms with Crippen LogP contribution >= 0.6 is 0 Å². The standard InChI is InChI=1S/C24H34N2O2/c1-25(17-21-6-4-8-24(16-21)28-3)18-22-7-5-14-26(19-22)15-13-20-9-11-23(27-2)12-10-20/h4,6,8-12,16,22H,5,7,13-15,17-19H2,1-3H3/t22-/m1/s1. The van der Waals surface area contributed by atoms with E-state index in [9.17, 15) is 0 Å². The topological polar surface area (TPSA) is 24.9 Å². The van der Waals surface area contributed by atoms with Gasteiger partial charge in [-0.1, -0.05) is 24.3 Å². The van der Waals surface area contributed by atoms with Gasteiger partial charge in [-0.3, -0.25) is 0 Å². The Kier molecular flexibility index (Phi) is 7.75. The molecule has 152 valence electrons. The minimum Gasteiger partial charge on any atom is -0.497 e. The number of hydrogen-bond acceptors (Lipinski definition) is 4. The van der Waals surface area contributed by atoms with Gasteiger partial charge in [-0.05, 0) is 74.2 Å². The van der Waals surface area contributed by atoms with Gasteiger partial charge in [-0.15, -0.1) is 0 Å². The van der Waals surface area contributed by atoms with Gasteiger partial charge in [0.05, 0.1) is 14.2 Å². The molecule has 0 aliphatic carbocycles. The lowest BCUT2D eigenvalue weighted by Gasteiger charge is -2.34. The third kappa shape index (κ3) is 6.25. The lowest BCUT2D eigenvalue weighted by atomic mass is 9.97. The molecule has 4 heteroatoms. The summed E-state index contributed by atoms with van der Waals surface area (Å²) in [6.45, 7) is 5.70. The number of rotatable bonds is 9. The molecule has 0 unspecified atom stereocenters. The van der Waals surface area contributed by atoms with E-state index in [-0.39, 0.29) is 0 Å². The Balaban J connectivity index is 1.44. The first-order valence-electron chi connectivity index (χ1n) is 10.3. The van der Waals surface area contributed by atoms with E-state index in [1.165, 1.54) is 37.1 Å². The Hall–Kier alpha value is -2.04. The summed E-state index contributed by atoms with van der Waals surface area (Å²) in [6, 6.07) is 16.9. The number of nitrogens with zero attached hydrogens (tertiary/aromatic N) is 2. The normalized spacial score (nSPS) is 17.6. The molecule has 1 aliphatic rings. The molecule has 28 heavy (non-hydrogen) atoms. The monoisotopic (exact) mass is 382 g/mol. The molecule has 1 saturated heterocycles. The molecule has 0 aromatic heterocycles. The Morgan fingerprint density at radius 2 is 1.79 bits per heavy atom. The molecule has 1 fully saturated rings. The van der Waals surface area contributed by atoms with E-state index in [1.54, 1.807) is 14.2 Å². The molecule has 4 nitrogen and oxygen atoms in total. The zero-order chi connectivity index (χ0) is 19.8. The molecule has 0 radical (unpaired) electrons. The number of methoxy groups -OCH3 is 2. The Bertz CT molecular complexity index is 717. The van der Waals surface area contributed by atoms with E-state index < -0.39 is 0 Å². The van der Waals surface area contributed by atoms with Gasteiger partial charge < -0.3 is 19.3 Å². The first-order valence-corrected chi connectivity index (χ1v) is 10.3. The van der Waals surface area contributed by atoms with Crippen LogP contribution in [0.15, 0.2) is 48.5 Å². The molecule has 0 spiro atoms. The second-order valence-electron chi connectivity index (χ2n) is 7.96. The van der Waals surface area contributed by atoms with Crippen molar-refractivity contribution in [3.8, 4) is 11.5 Å². The van der Waals surface area contributed by atoms with Crippen LogP contribution in [0.4, 0.5) is 0 Å². The molecule has 0 saturated carbocycles. The third-order valence-electron chi connectivity index (χ3n) is 5.64. The molecular weight excluding hydrogens is 348 g/mol. The maximum absolute atomic E-state index is 5.34. The molecule has 0 bridgehead atoms. The van der Waals surface area contributed by atoms with Crippen LogP contribution in [-0.2, 0) is 13.0 Å². The van der Waals surface area contributed by atoms with Crippen molar-refractivity contribution in [3.05, 3.63) is 59.7 Å². The van der Waals surface area contributed by atoms with Crippen LogP contribution in [0.1, 0.15) is 24.0 Å². The summed E-state index contributed by atoms with van der Waals surface area (Å²) in [6.07, 6.45) is 3.75. The van der Waals surface area contributed by atoms with Crippen LogP contribution in [0.5, 0.6) is 11.5 Å². The van der Waals surface area contributed by atoms with Crippen LogP contribution < -0.4 is 9.47 Å². The quantitative estimate of drug-likeness (QED) is 0.652. The first-order chi connectivity index (χ1) is 13.7. The molecular formula is C24H34N2O2. The van der Waals surface area contributed by atoms with Crippen LogP contribution in [0.2, 0.25) is 0 Å². The van der Waals surface area contributed by atoms with Crippen molar-refractivity contribution >= 4 is 0 Å². The molecule has 1 heterocycles. The predicted molar refractivity (Wildman–Crippen MR) is 115 cm³/mol. The Labute approximate surface area is 170 Å². The molecule has 2 aromatic rings. The number of likely N-dealkylation sites (tertiary alicyclic amines) is 1. The van der Waals surface area contributed by atoms with Gasteiger partial charge in [0, 0.05) is 26.2 Å². The van der Waals surface area contributed by atoms with Gasteiger partial charge in [-0.25, -0.2) is 0 Å². The van der Waals surface area contributed by atoms with E-state index in [4.69, 9.17) is 9.47 Å². The van der Waals surface area contributed by atoms with Crippen molar-refractivity contribution in [1.82, 2.24) is 9.80 Å². The van der Waals surface area contributed by atoms with Crippen molar-refractivity contribution < 1.29 is 9.47 Å². The largest absolute Gasteiger partial charge is 0.497 e. The molecule has 1 aliphatic heterocycles. The Morgan fingerprint density at radius 1 is 1.00 bits per heavy atom. The molecule has 3 rings (SSSR count). The predicted octanol–water partition coefficient (Wildman–Crippen LogP) is 4.09. The van der Waals surface area contributed by atoms with E-state index in [0.29, 0.717) is 0 Å². The molecule has 0 N–H and O–H groups in total. The summed E-state index contributed by atoms with van der Waals surface area (Å²) in [5.74, 6) is 2.62. The van der Waals surface area contributed by atoms with Gasteiger partial charge >= 0.3 is 0 Å². The van der Waals surface area contributed by atoms with E-state index in [1.807, 2.05) is 6.07 Å². The fraction of sp³-hybridized carbons (Fsp3) is 0.500. The minimum atomic E-state index is 0.750. The van der Waals surface area contributed by atoms with Gasteiger partial charge in [0.2, 0.25) is 0 Å². The Morgan fingerprint density at radius 3 is 2.54 bits per heavy atom. The fourth-order valence-corrected chi connectivity index (χ4v) is 4.17. The lowest BCUT2D eigenvalue weighted by molar-refractivity contribution is 0.142. The number of piperidine rings is 1. The third-order valence-corrected chi connectivity index (χ3v) is 5.64. The summed E-state index contributed by atoms with van der Waals surface area (Å²) in [7, 11) is 5.68. The average molecular weight is 383 g/mol. The van der Waals surface area contributed by atoms with Crippen LogP contribution in [0, 0.1) is 5.92 Å². The molecule has 0 amide bonds. The zero-order valence-electron chi connectivity index (χ0n) is 17.6. The van der Waals surface area contributed by atoms with Gasteiger partial charge in [0.1, 0.15) is 11.5 Å². The number of benzene rings is 2. The second kappa shape index (κ2) is 10.5. The summed E-state index contributed by atoms with van der Waals surface area (Å²) >= 11 is 0. The fourth-order valence-electron chi connectivity index (χ4n) is 4.17. The maximum atomic E-state index is 5.34. The molecule has 1 atom stereocenters. The van der Waals surface area contributed by atoms with Gasteiger partial charge in [0.15, 0.2) is 0 Å². The number of hydrogen-bond donors (Lipinski definition) is 0. The summed E-state index contributed by atoms with van der Waals surface area (Å²) < 4.78 is 10.6. The van der Waals surface area contributed by atoms with Crippen molar-refractivity contribution in [2.75, 3.05) is 47.4 Å². The van der Waals surface area contributed by atoms with Crippen molar-refractivity contribution in [3.63, 3.8) is 0 Å². The van der Waals surface area contributed by atoms with Crippen molar-refractivity contribution in [1.29, 1.82) is 0 Å². The van der Waals surface area contributed by atoms with Crippen molar-refractivity contribution in [2.24, 2.45) is 5.92 Å². The zero-order valence-corrected chi connectivity index (χ0v) is 17.6. The van der Waals surface area contributed by atoms with E-state index in [2.05, 4.69) is 59.3 Å². The maximum Gasteiger partial charge on any atom is 0.119 e. The highest BCUT2D eigenvalue weighted by atomic mass is 16.5. The number of ether oxygens (including phenoxy) is 2. The lowest BCUT2D eigenvalue weighted by Crippen LogP contribution is -2.40. The highest BCUT2D eigenvalue weighted by molar-refractivity contribution is 5.28. The summed E-state index contributed by atoms with van der Waals surface area (Å²) in [4.78, 5) is 5.09. The highest BCUT2D eigenvalue weighted by Gasteiger charge is 2.21. The first kappa shape index (κ1) is 20.7. The van der Waals surface area contributed by atoms with Crippen molar-refractivity contribution in [2.45, 2.75) is 25.8 Å². The minimum absolute atomic E-state index is 0.750. The van der Waals surface area contributed by atoms with E-state index in [0.717, 1.165) is 43.5 Å². The van der Waals surface area contributed by atoms with Crippen LogP contribution in [0.25, 0.3) is 0 Å². The molecule has 2 aromatic carbocycles. The van der Waals surface area contributed by atoms with Crippen LogP contribution in [-0.4, -0.2) is 57.2 Å². The van der Waals surface area contributed by atoms with Gasteiger partial charge in [0.25, 0.3) is 0 Å². The highest BCUT2D eigenvalue weighted by Crippen LogP contribution is 2.20. The summed E-state index contributed by atoms with van der Waals surface area (Å²) in [5.41, 5.74) is 2.70. The van der Waals surface area contributed by atoms with Gasteiger partial charge in [-0.2, -0.15) is 0 Å². The smallest absolute Gasteiger partial charge is 0.119 e. The van der Waals surface area contributed by atoms with Crippen LogP contribution in [0.3, 0.4) is 0 Å². The van der Waals surface area contributed by atoms with E-state index >= 15 is 0 Å².